The van der Waals surface area contributed by atoms with Crippen molar-refractivity contribution in [1.82, 2.24) is 5.32 Å². The molecule has 3 rings (SSSR count). The van der Waals surface area contributed by atoms with Gasteiger partial charge in [-0.25, -0.2) is 0 Å². The number of fused-ring (bicyclic) bond motifs is 1. The molecule has 4 atom stereocenters. The van der Waals surface area contributed by atoms with E-state index in [0.29, 0.717) is 6.54 Å². The van der Waals surface area contributed by atoms with Crippen LogP contribution >= 0.6 is 0 Å². The summed E-state index contributed by atoms with van der Waals surface area (Å²) < 4.78 is 11.2. The highest BCUT2D eigenvalue weighted by atomic mass is 16.5. The zero-order valence-electron chi connectivity index (χ0n) is 18.1. The lowest BCUT2D eigenvalue weighted by molar-refractivity contribution is -0.937. The first-order valence-electron chi connectivity index (χ1n) is 11.1. The molecule has 1 heterocycles. The predicted octanol–water partition coefficient (Wildman–Crippen LogP) is 1.87. The Bertz CT molecular complexity index is 695. The minimum Gasteiger partial charge on any atom is -0.497 e. The topological polar surface area (TPSA) is 72.2 Å². The number of amides is 1. The number of ether oxygens (including phenoxy) is 2. The number of aliphatic hydroxyl groups is 1. The Morgan fingerprint density at radius 1 is 1.28 bits per heavy atom. The summed E-state index contributed by atoms with van der Waals surface area (Å²) in [6, 6.07) is 5.87. The van der Waals surface area contributed by atoms with Gasteiger partial charge in [0.25, 0.3) is 5.91 Å². The number of methoxy groups -OCH3 is 2. The summed E-state index contributed by atoms with van der Waals surface area (Å²) in [6.07, 6.45) is 6.82. The van der Waals surface area contributed by atoms with Gasteiger partial charge in [-0.3, -0.25) is 4.79 Å². The first kappa shape index (κ1) is 21.9. The van der Waals surface area contributed by atoms with E-state index >= 15 is 0 Å². The van der Waals surface area contributed by atoms with Crippen molar-refractivity contribution < 1.29 is 24.3 Å². The number of hydrogen-bond donors (Lipinski definition) is 3. The molecule has 1 unspecified atom stereocenters. The van der Waals surface area contributed by atoms with E-state index in [1.54, 1.807) is 14.2 Å². The second-order valence-electron chi connectivity index (χ2n) is 8.58. The predicted molar refractivity (Wildman–Crippen MR) is 112 cm³/mol. The zero-order valence-corrected chi connectivity index (χ0v) is 18.1. The second-order valence-corrected chi connectivity index (χ2v) is 8.58. The van der Waals surface area contributed by atoms with Gasteiger partial charge in [0.2, 0.25) is 0 Å². The molecule has 1 aliphatic heterocycles. The van der Waals surface area contributed by atoms with Crippen molar-refractivity contribution >= 4 is 5.91 Å². The van der Waals surface area contributed by atoms with Crippen molar-refractivity contribution in [2.75, 3.05) is 33.9 Å². The zero-order chi connectivity index (χ0) is 20.9. The summed E-state index contributed by atoms with van der Waals surface area (Å²) in [5, 5.41) is 14.5. The molecule has 6 nitrogen and oxygen atoms in total. The van der Waals surface area contributed by atoms with Gasteiger partial charge in [-0.2, -0.15) is 0 Å². The standard InChI is InChI=1S/C23H36N2O4/c1-4-5-13-24-21(26)16-25-14-12-23(27)11-7-6-8-19(23)22(25)18-15-17(28-2)9-10-20(18)29-3/h9-10,15,19,22,27H,4-8,11-14,16H2,1-3H3,(H,24,26)/p+1/t19-,22+,23-/m1/s1. The Kier molecular flexibility index (Phi) is 7.41. The molecule has 0 radical (unpaired) electrons. The van der Waals surface area contributed by atoms with Crippen LogP contribution in [0.3, 0.4) is 0 Å². The largest absolute Gasteiger partial charge is 0.497 e. The maximum atomic E-state index is 12.6. The van der Waals surface area contributed by atoms with E-state index in [1.165, 1.54) is 4.90 Å². The third-order valence-corrected chi connectivity index (χ3v) is 6.80. The van der Waals surface area contributed by atoms with Crippen LogP contribution in [0.15, 0.2) is 18.2 Å². The first-order chi connectivity index (χ1) is 14.0. The van der Waals surface area contributed by atoms with Crippen molar-refractivity contribution in [2.45, 2.75) is 63.5 Å². The normalized spacial score (nSPS) is 29.0. The summed E-state index contributed by atoms with van der Waals surface area (Å²) >= 11 is 0. The van der Waals surface area contributed by atoms with Crippen molar-refractivity contribution in [3.63, 3.8) is 0 Å². The van der Waals surface area contributed by atoms with Crippen molar-refractivity contribution in [3.8, 4) is 11.5 Å². The molecule has 2 aliphatic rings. The fourth-order valence-electron chi connectivity index (χ4n) is 5.24. The van der Waals surface area contributed by atoms with Crippen molar-refractivity contribution in [2.24, 2.45) is 5.92 Å². The van der Waals surface area contributed by atoms with Crippen LogP contribution in [-0.2, 0) is 4.79 Å². The number of hydrogen-bond acceptors (Lipinski definition) is 4. The van der Waals surface area contributed by atoms with E-state index in [-0.39, 0.29) is 17.9 Å². The summed E-state index contributed by atoms with van der Waals surface area (Å²) in [7, 11) is 3.34. The number of likely N-dealkylation sites (tertiary alicyclic amines) is 1. The Labute approximate surface area is 174 Å². The van der Waals surface area contributed by atoms with Crippen LogP contribution in [-0.4, -0.2) is 50.5 Å². The van der Waals surface area contributed by atoms with Gasteiger partial charge < -0.3 is 24.8 Å². The molecule has 3 N–H and O–H groups in total. The van der Waals surface area contributed by atoms with Gasteiger partial charge in [-0.05, 0) is 37.5 Å². The third-order valence-electron chi connectivity index (χ3n) is 6.80. The van der Waals surface area contributed by atoms with Crippen molar-refractivity contribution in [3.05, 3.63) is 23.8 Å². The number of nitrogens with one attached hydrogen (secondary N) is 2. The van der Waals surface area contributed by atoms with Crippen LogP contribution in [0.4, 0.5) is 0 Å². The molecule has 0 bridgehead atoms. The minimum absolute atomic E-state index is 0.0102. The molecule has 29 heavy (non-hydrogen) atoms. The quantitative estimate of drug-likeness (QED) is 0.578. The third kappa shape index (κ3) is 4.86. The van der Waals surface area contributed by atoms with E-state index in [1.807, 2.05) is 18.2 Å². The van der Waals surface area contributed by atoms with Crippen LogP contribution in [0.2, 0.25) is 0 Å². The maximum Gasteiger partial charge on any atom is 0.275 e. The molecule has 1 aliphatic carbocycles. The van der Waals surface area contributed by atoms with Gasteiger partial charge in [-0.15, -0.1) is 0 Å². The summed E-state index contributed by atoms with van der Waals surface area (Å²) in [5.41, 5.74) is 0.382. The average molecular weight is 406 g/mol. The van der Waals surface area contributed by atoms with E-state index < -0.39 is 5.60 Å². The molecule has 1 amide bonds. The lowest BCUT2D eigenvalue weighted by Crippen LogP contribution is -3.16. The first-order valence-corrected chi connectivity index (χ1v) is 11.1. The van der Waals surface area contributed by atoms with Crippen LogP contribution in [0.25, 0.3) is 0 Å². The van der Waals surface area contributed by atoms with Crippen LogP contribution in [0.5, 0.6) is 11.5 Å². The summed E-state index contributed by atoms with van der Waals surface area (Å²) in [5.74, 6) is 1.78. The Morgan fingerprint density at radius 2 is 2.10 bits per heavy atom. The Balaban J connectivity index is 1.92. The van der Waals surface area contributed by atoms with Gasteiger partial charge in [0, 0.05) is 18.9 Å². The van der Waals surface area contributed by atoms with E-state index in [4.69, 9.17) is 9.47 Å². The molecule has 162 valence electrons. The van der Waals surface area contributed by atoms with Gasteiger partial charge in [0.05, 0.1) is 31.9 Å². The fourth-order valence-corrected chi connectivity index (χ4v) is 5.24. The molecular weight excluding hydrogens is 368 g/mol. The average Bonchev–Trinajstić information content (AvgIpc) is 2.73. The lowest BCUT2D eigenvalue weighted by atomic mass is 9.66. The molecular formula is C23H37N2O4+. The number of carbonyl (C=O) groups excluding carboxylic acids is 1. The molecule has 1 aromatic rings. The molecule has 1 saturated heterocycles. The Hall–Kier alpha value is -1.79. The van der Waals surface area contributed by atoms with Crippen LogP contribution in [0, 0.1) is 5.92 Å². The van der Waals surface area contributed by atoms with Gasteiger partial charge in [-0.1, -0.05) is 26.2 Å². The molecule has 1 saturated carbocycles. The number of benzene rings is 1. The van der Waals surface area contributed by atoms with Gasteiger partial charge in [0.1, 0.15) is 17.5 Å². The molecule has 0 spiro atoms. The molecule has 0 aromatic heterocycles. The van der Waals surface area contributed by atoms with Gasteiger partial charge >= 0.3 is 0 Å². The fraction of sp³-hybridized carbons (Fsp3) is 0.696. The summed E-state index contributed by atoms with van der Waals surface area (Å²) in [6.45, 7) is 4.04. The highest BCUT2D eigenvalue weighted by Crippen LogP contribution is 2.46. The SMILES string of the molecule is CCCCNC(=O)C[NH+]1CC[C@]2(O)CCCC[C@@H]2[C@@H]1c1cc(OC)ccc1OC. The second kappa shape index (κ2) is 9.81. The highest BCUT2D eigenvalue weighted by molar-refractivity contribution is 5.76. The number of rotatable bonds is 8. The monoisotopic (exact) mass is 405 g/mol. The number of unbranched alkanes of at least 4 members (excludes halogenated alkanes) is 1. The Morgan fingerprint density at radius 3 is 2.83 bits per heavy atom. The number of carbonyl (C=O) groups is 1. The van der Waals surface area contributed by atoms with E-state index in [0.717, 1.165) is 75.1 Å². The van der Waals surface area contributed by atoms with Crippen LogP contribution in [0.1, 0.15) is 63.5 Å². The number of piperidine rings is 1. The van der Waals surface area contributed by atoms with E-state index in [2.05, 4.69) is 12.2 Å². The molecule has 6 heteroatoms. The molecule has 2 fully saturated rings. The van der Waals surface area contributed by atoms with E-state index in [9.17, 15) is 9.90 Å². The van der Waals surface area contributed by atoms with Crippen LogP contribution < -0.4 is 19.7 Å². The minimum atomic E-state index is -0.654. The molecule has 1 aromatic carbocycles. The highest BCUT2D eigenvalue weighted by Gasteiger charge is 2.52. The lowest BCUT2D eigenvalue weighted by Gasteiger charge is -2.50. The maximum absolute atomic E-state index is 12.6. The smallest absolute Gasteiger partial charge is 0.275 e. The van der Waals surface area contributed by atoms with Crippen molar-refractivity contribution in [1.29, 1.82) is 0 Å². The van der Waals surface area contributed by atoms with Gasteiger partial charge in [0.15, 0.2) is 6.54 Å². The number of quaternary nitrogens is 1. The summed E-state index contributed by atoms with van der Waals surface area (Å²) in [4.78, 5) is 13.8.